The van der Waals surface area contributed by atoms with Gasteiger partial charge in [0.15, 0.2) is 0 Å². The highest BCUT2D eigenvalue weighted by Crippen LogP contribution is 2.14. The van der Waals surface area contributed by atoms with Crippen LogP contribution in [-0.4, -0.2) is 35.6 Å². The smallest absolute Gasteiger partial charge is 0.239 e. The van der Waals surface area contributed by atoms with Crippen LogP contribution in [0.2, 0.25) is 0 Å². The van der Waals surface area contributed by atoms with E-state index in [4.69, 9.17) is 0 Å². The summed E-state index contributed by atoms with van der Waals surface area (Å²) in [4.78, 5) is 23.3. The van der Waals surface area contributed by atoms with Crippen molar-refractivity contribution in [2.45, 2.75) is 53.0 Å². The van der Waals surface area contributed by atoms with E-state index in [0.29, 0.717) is 12.8 Å². The molecule has 0 aromatic rings. The first-order valence-electron chi connectivity index (χ1n) is 6.41. The Kier molecular flexibility index (Phi) is 6.32. The van der Waals surface area contributed by atoms with Gasteiger partial charge in [0.1, 0.15) is 0 Å². The van der Waals surface area contributed by atoms with E-state index in [9.17, 15) is 14.7 Å². The number of aliphatic hydroxyl groups excluding tert-OH is 1. The predicted molar refractivity (Wildman–Crippen MR) is 71.0 cm³/mol. The van der Waals surface area contributed by atoms with E-state index in [2.05, 4.69) is 10.6 Å². The molecule has 0 radical (unpaired) electrons. The lowest BCUT2D eigenvalue weighted by atomic mass is 9.93. The van der Waals surface area contributed by atoms with E-state index < -0.39 is 11.0 Å². The highest BCUT2D eigenvalue weighted by Gasteiger charge is 2.28. The minimum Gasteiger partial charge on any atom is -0.394 e. The van der Waals surface area contributed by atoms with Crippen LogP contribution in [0.1, 0.15) is 47.5 Å². The Morgan fingerprint density at radius 3 is 1.94 bits per heavy atom. The van der Waals surface area contributed by atoms with Crippen LogP contribution in [-0.2, 0) is 9.59 Å². The van der Waals surface area contributed by atoms with Crippen molar-refractivity contribution in [1.29, 1.82) is 0 Å². The van der Waals surface area contributed by atoms with Crippen LogP contribution in [0.4, 0.5) is 0 Å². The van der Waals surface area contributed by atoms with E-state index in [1.165, 1.54) is 0 Å². The lowest BCUT2D eigenvalue weighted by molar-refractivity contribution is -0.131. The van der Waals surface area contributed by atoms with Gasteiger partial charge in [-0.2, -0.15) is 0 Å². The van der Waals surface area contributed by atoms with Crippen LogP contribution in [0.3, 0.4) is 0 Å². The molecule has 3 N–H and O–H groups in total. The molecule has 0 heterocycles. The summed E-state index contributed by atoms with van der Waals surface area (Å²) in [5.74, 6) is -0.439. The normalized spacial score (nSPS) is 12.1. The van der Waals surface area contributed by atoms with E-state index in [0.717, 1.165) is 0 Å². The fourth-order valence-electron chi connectivity index (χ4n) is 1.46. The largest absolute Gasteiger partial charge is 0.394 e. The molecule has 0 bridgehead atoms. The Labute approximate surface area is 109 Å². The molecule has 106 valence electrons. The summed E-state index contributed by atoms with van der Waals surface area (Å²) in [6.07, 6.45) is 1.30. The average Bonchev–Trinajstić information content (AvgIpc) is 2.32. The average molecular weight is 258 g/mol. The maximum Gasteiger partial charge on any atom is 0.239 e. The van der Waals surface area contributed by atoms with Crippen molar-refractivity contribution in [3.05, 3.63) is 0 Å². The molecular weight excluding hydrogens is 232 g/mol. The number of carbonyl (C=O) groups excluding carboxylic acids is 2. The van der Waals surface area contributed by atoms with Crippen LogP contribution >= 0.6 is 0 Å². The van der Waals surface area contributed by atoms with Gasteiger partial charge in [0, 0.05) is 5.41 Å². The minimum atomic E-state index is -0.580. The molecule has 0 aliphatic heterocycles. The lowest BCUT2D eigenvalue weighted by Gasteiger charge is -2.31. The Bertz CT molecular complexity index is 283. The molecule has 0 fully saturated rings. The number of carbonyl (C=O) groups is 2. The molecule has 0 aliphatic rings. The van der Waals surface area contributed by atoms with E-state index in [-0.39, 0.29) is 25.0 Å². The number of nitrogens with one attached hydrogen (secondary N) is 2. The summed E-state index contributed by atoms with van der Waals surface area (Å²) in [6, 6.07) is 0. The summed E-state index contributed by atoms with van der Waals surface area (Å²) >= 11 is 0. The molecule has 2 amide bonds. The summed E-state index contributed by atoms with van der Waals surface area (Å²) < 4.78 is 0. The second-order valence-corrected chi connectivity index (χ2v) is 5.63. The molecule has 0 saturated carbocycles. The second kappa shape index (κ2) is 6.73. The van der Waals surface area contributed by atoms with Crippen molar-refractivity contribution in [3.8, 4) is 0 Å². The highest BCUT2D eigenvalue weighted by molar-refractivity contribution is 5.87. The summed E-state index contributed by atoms with van der Waals surface area (Å²) in [5, 5.41) is 14.7. The van der Waals surface area contributed by atoms with Crippen molar-refractivity contribution in [2.24, 2.45) is 5.41 Å². The molecule has 0 spiro atoms. The van der Waals surface area contributed by atoms with Gasteiger partial charge in [-0.15, -0.1) is 0 Å². The Balaban J connectivity index is 4.32. The monoisotopic (exact) mass is 258 g/mol. The van der Waals surface area contributed by atoms with Gasteiger partial charge in [-0.1, -0.05) is 34.6 Å². The third kappa shape index (κ3) is 5.04. The van der Waals surface area contributed by atoms with Gasteiger partial charge in [0.05, 0.1) is 18.7 Å². The summed E-state index contributed by atoms with van der Waals surface area (Å²) in [7, 11) is 0. The van der Waals surface area contributed by atoms with Gasteiger partial charge in [-0.3, -0.25) is 9.59 Å². The molecule has 0 rings (SSSR count). The molecule has 18 heavy (non-hydrogen) atoms. The zero-order valence-electron chi connectivity index (χ0n) is 12.1. The van der Waals surface area contributed by atoms with Crippen LogP contribution in [0, 0.1) is 5.41 Å². The zero-order valence-corrected chi connectivity index (χ0v) is 12.1. The van der Waals surface area contributed by atoms with Crippen molar-refractivity contribution in [3.63, 3.8) is 0 Å². The van der Waals surface area contributed by atoms with E-state index >= 15 is 0 Å². The van der Waals surface area contributed by atoms with Crippen LogP contribution in [0.5, 0.6) is 0 Å². The maximum atomic E-state index is 11.7. The van der Waals surface area contributed by atoms with E-state index in [1.807, 2.05) is 13.8 Å². The fraction of sp³-hybridized carbons (Fsp3) is 0.846. The topological polar surface area (TPSA) is 78.4 Å². The molecule has 0 aliphatic carbocycles. The molecule has 5 heteroatoms. The number of amides is 2. The third-order valence-corrected chi connectivity index (χ3v) is 3.15. The first-order chi connectivity index (χ1) is 8.20. The van der Waals surface area contributed by atoms with Crippen LogP contribution in [0.25, 0.3) is 0 Å². The number of aliphatic hydroxyl groups is 1. The standard InChI is InChI=1S/C13H26N2O3/c1-6-13(7-2,9-16)15-10(17)8-14-11(18)12(3,4)5/h16H,6-9H2,1-5H3,(H,14,18)(H,15,17). The quantitative estimate of drug-likeness (QED) is 0.660. The van der Waals surface area contributed by atoms with Crippen molar-refractivity contribution in [2.75, 3.05) is 13.2 Å². The van der Waals surface area contributed by atoms with Crippen LogP contribution < -0.4 is 10.6 Å². The third-order valence-electron chi connectivity index (χ3n) is 3.15. The second-order valence-electron chi connectivity index (χ2n) is 5.63. The molecule has 0 saturated heterocycles. The first-order valence-corrected chi connectivity index (χ1v) is 6.41. The SMILES string of the molecule is CCC(CC)(CO)NC(=O)CNC(=O)C(C)(C)C. The van der Waals surface area contributed by atoms with Gasteiger partial charge < -0.3 is 15.7 Å². The molecule has 0 unspecified atom stereocenters. The summed E-state index contributed by atoms with van der Waals surface area (Å²) in [6.45, 7) is 9.03. The van der Waals surface area contributed by atoms with Gasteiger partial charge >= 0.3 is 0 Å². The zero-order chi connectivity index (χ0) is 14.4. The Morgan fingerprint density at radius 1 is 1.11 bits per heavy atom. The van der Waals surface area contributed by atoms with Crippen molar-refractivity contribution in [1.82, 2.24) is 10.6 Å². The minimum absolute atomic E-state index is 0.0577. The van der Waals surface area contributed by atoms with Crippen molar-refractivity contribution < 1.29 is 14.7 Å². The molecule has 5 nitrogen and oxygen atoms in total. The molecule has 0 atom stereocenters. The first kappa shape index (κ1) is 16.9. The molecule has 0 aromatic carbocycles. The lowest BCUT2D eigenvalue weighted by Crippen LogP contribution is -2.53. The highest BCUT2D eigenvalue weighted by atomic mass is 16.3. The maximum absolute atomic E-state index is 11.7. The molecular formula is C13H26N2O3. The Hall–Kier alpha value is -1.10. The Morgan fingerprint density at radius 2 is 1.61 bits per heavy atom. The number of hydrogen-bond donors (Lipinski definition) is 3. The van der Waals surface area contributed by atoms with Gasteiger partial charge in [0.25, 0.3) is 0 Å². The number of rotatable bonds is 6. The van der Waals surface area contributed by atoms with E-state index in [1.54, 1.807) is 20.8 Å². The molecule has 0 aromatic heterocycles. The summed E-state index contributed by atoms with van der Waals surface area (Å²) in [5.41, 5.74) is -1.09. The van der Waals surface area contributed by atoms with Crippen LogP contribution in [0.15, 0.2) is 0 Å². The van der Waals surface area contributed by atoms with Gasteiger partial charge in [-0.05, 0) is 12.8 Å². The van der Waals surface area contributed by atoms with Gasteiger partial charge in [-0.25, -0.2) is 0 Å². The van der Waals surface area contributed by atoms with Crippen molar-refractivity contribution >= 4 is 11.8 Å². The van der Waals surface area contributed by atoms with Gasteiger partial charge in [0.2, 0.25) is 11.8 Å². The predicted octanol–water partition coefficient (Wildman–Crippen LogP) is 0.816. The number of hydrogen-bond acceptors (Lipinski definition) is 3. The fourth-order valence-corrected chi connectivity index (χ4v) is 1.46.